The molecule has 0 unspecified atom stereocenters. The number of pyridine rings is 1. The smallest absolute Gasteiger partial charge is 0.165 e. The van der Waals surface area contributed by atoms with Crippen molar-refractivity contribution >= 4 is 5.82 Å². The van der Waals surface area contributed by atoms with Crippen LogP contribution in [0.4, 0.5) is 10.2 Å². The third-order valence-electron chi connectivity index (χ3n) is 0.988. The van der Waals surface area contributed by atoms with Gasteiger partial charge in [0.25, 0.3) is 0 Å². The van der Waals surface area contributed by atoms with Crippen LogP contribution < -0.4 is 5.73 Å². The van der Waals surface area contributed by atoms with Crippen LogP contribution in [0, 0.1) is 17.1 Å². The molecule has 0 saturated carbocycles. The zero-order valence-corrected chi connectivity index (χ0v) is 5.00. The number of nitrogens with two attached hydrogens (primary N) is 1. The third-order valence-corrected chi connectivity index (χ3v) is 0.988. The molecule has 0 radical (unpaired) electrons. The highest BCUT2D eigenvalue weighted by Crippen LogP contribution is 2.05. The quantitative estimate of drug-likeness (QED) is 0.571. The summed E-state index contributed by atoms with van der Waals surface area (Å²) in [4.78, 5) is 3.43. The van der Waals surface area contributed by atoms with Gasteiger partial charge in [0.1, 0.15) is 11.8 Å². The predicted molar refractivity (Wildman–Crippen MR) is 33.3 cm³/mol. The minimum absolute atomic E-state index is 0.124. The molecule has 0 aliphatic carbocycles. The molecule has 0 aliphatic heterocycles. The summed E-state index contributed by atoms with van der Waals surface area (Å²) in [5.74, 6) is -0.835. The lowest BCUT2D eigenvalue weighted by Gasteiger charge is -1.92. The summed E-state index contributed by atoms with van der Waals surface area (Å²) in [6.45, 7) is 0. The van der Waals surface area contributed by atoms with E-state index in [0.29, 0.717) is 0 Å². The predicted octanol–water partition coefficient (Wildman–Crippen LogP) is 0.675. The third kappa shape index (κ3) is 1.03. The fourth-order valence-electron chi connectivity index (χ4n) is 0.520. The Kier molecular flexibility index (Phi) is 1.50. The molecule has 3 nitrogen and oxygen atoms in total. The maximum atomic E-state index is 12.3. The Bertz CT molecular complexity index is 290. The minimum Gasteiger partial charge on any atom is -0.381 e. The second kappa shape index (κ2) is 2.31. The Morgan fingerprint density at radius 2 is 2.30 bits per heavy atom. The molecule has 2 N–H and O–H groups in total. The van der Waals surface area contributed by atoms with E-state index < -0.39 is 5.82 Å². The first-order valence-electron chi connectivity index (χ1n) is 2.56. The number of nitrogens with zero attached hydrogens (tertiary/aromatic N) is 2. The molecule has 0 bridgehead atoms. The summed E-state index contributed by atoms with van der Waals surface area (Å²) in [7, 11) is 0. The van der Waals surface area contributed by atoms with E-state index in [4.69, 9.17) is 11.0 Å². The summed E-state index contributed by atoms with van der Waals surface area (Å²) in [5.41, 5.74) is 5.18. The van der Waals surface area contributed by atoms with Gasteiger partial charge in [0, 0.05) is 0 Å². The van der Waals surface area contributed by atoms with Gasteiger partial charge in [0.05, 0.1) is 0 Å². The summed E-state index contributed by atoms with van der Waals surface area (Å²) in [6, 6.07) is 4.12. The lowest BCUT2D eigenvalue weighted by atomic mass is 10.3. The van der Waals surface area contributed by atoms with E-state index in [1.165, 1.54) is 6.07 Å². The average molecular weight is 137 g/mol. The molecule has 0 amide bonds. The zero-order chi connectivity index (χ0) is 7.56. The Morgan fingerprint density at radius 3 is 2.80 bits per heavy atom. The fraction of sp³-hybridized carbons (Fsp3) is 0. The van der Waals surface area contributed by atoms with Gasteiger partial charge in [-0.15, -0.1) is 0 Å². The number of hydrogen-bond donors (Lipinski definition) is 1. The Labute approximate surface area is 56.9 Å². The molecule has 1 aromatic heterocycles. The van der Waals surface area contributed by atoms with Crippen LogP contribution in [0.3, 0.4) is 0 Å². The molecule has 50 valence electrons. The van der Waals surface area contributed by atoms with E-state index >= 15 is 0 Å². The number of halogens is 1. The van der Waals surface area contributed by atoms with Gasteiger partial charge >= 0.3 is 0 Å². The maximum Gasteiger partial charge on any atom is 0.165 e. The molecular formula is C6H4FN3. The number of anilines is 1. The van der Waals surface area contributed by atoms with Crippen molar-refractivity contribution in [1.29, 1.82) is 5.26 Å². The largest absolute Gasteiger partial charge is 0.381 e. The van der Waals surface area contributed by atoms with Crippen LogP contribution in [-0.2, 0) is 0 Å². The van der Waals surface area contributed by atoms with Crippen molar-refractivity contribution in [1.82, 2.24) is 4.98 Å². The van der Waals surface area contributed by atoms with Crippen molar-refractivity contribution in [3.05, 3.63) is 23.6 Å². The van der Waals surface area contributed by atoms with E-state index in [1.807, 2.05) is 0 Å². The number of nitriles is 1. The van der Waals surface area contributed by atoms with Crippen molar-refractivity contribution in [2.45, 2.75) is 0 Å². The Balaban J connectivity index is 3.20. The van der Waals surface area contributed by atoms with E-state index in [2.05, 4.69) is 4.98 Å². The molecule has 0 aliphatic rings. The molecule has 0 spiro atoms. The SMILES string of the molecule is N#Cc1ccc(F)c(N)n1. The molecule has 0 aromatic carbocycles. The second-order valence-corrected chi connectivity index (χ2v) is 1.68. The summed E-state index contributed by atoms with van der Waals surface area (Å²) < 4.78 is 12.3. The van der Waals surface area contributed by atoms with Gasteiger partial charge in [-0.3, -0.25) is 0 Å². The molecule has 10 heavy (non-hydrogen) atoms. The van der Waals surface area contributed by atoms with Crippen molar-refractivity contribution < 1.29 is 4.39 Å². The van der Waals surface area contributed by atoms with Gasteiger partial charge in [-0.2, -0.15) is 5.26 Å². The Hall–Kier alpha value is -1.63. The molecular weight excluding hydrogens is 133 g/mol. The van der Waals surface area contributed by atoms with Gasteiger partial charge in [-0.05, 0) is 12.1 Å². The first kappa shape index (κ1) is 6.49. The van der Waals surface area contributed by atoms with E-state index in [-0.39, 0.29) is 11.5 Å². The van der Waals surface area contributed by atoms with Crippen LogP contribution in [0.2, 0.25) is 0 Å². The molecule has 1 heterocycles. The topological polar surface area (TPSA) is 62.7 Å². The van der Waals surface area contributed by atoms with Crippen molar-refractivity contribution in [3.8, 4) is 6.07 Å². The first-order valence-corrected chi connectivity index (χ1v) is 2.56. The molecule has 0 atom stereocenters. The van der Waals surface area contributed by atoms with Crippen molar-refractivity contribution in [2.24, 2.45) is 0 Å². The van der Waals surface area contributed by atoms with Gasteiger partial charge in [0.2, 0.25) is 0 Å². The Morgan fingerprint density at radius 1 is 1.60 bits per heavy atom. The molecule has 0 fully saturated rings. The maximum absolute atomic E-state index is 12.3. The van der Waals surface area contributed by atoms with Crippen molar-refractivity contribution in [3.63, 3.8) is 0 Å². The van der Waals surface area contributed by atoms with Gasteiger partial charge in [-0.1, -0.05) is 0 Å². The van der Waals surface area contributed by atoms with Gasteiger partial charge in [-0.25, -0.2) is 9.37 Å². The first-order chi connectivity index (χ1) is 4.74. The normalized spacial score (nSPS) is 8.80. The van der Waals surface area contributed by atoms with Crippen LogP contribution in [0.25, 0.3) is 0 Å². The lowest BCUT2D eigenvalue weighted by Crippen LogP contribution is -1.95. The standard InChI is InChI=1S/C6H4FN3/c7-5-2-1-4(3-8)10-6(5)9/h1-2H,(H2,9,10). The zero-order valence-electron chi connectivity index (χ0n) is 5.00. The summed E-state index contributed by atoms with van der Waals surface area (Å²) in [5, 5.41) is 8.26. The van der Waals surface area contributed by atoms with Crippen LogP contribution in [0.15, 0.2) is 12.1 Å². The van der Waals surface area contributed by atoms with E-state index in [9.17, 15) is 4.39 Å². The highest BCUT2D eigenvalue weighted by Gasteiger charge is 1.98. The molecule has 4 heteroatoms. The number of hydrogen-bond acceptors (Lipinski definition) is 3. The second-order valence-electron chi connectivity index (χ2n) is 1.68. The van der Waals surface area contributed by atoms with Gasteiger partial charge in [0.15, 0.2) is 11.6 Å². The summed E-state index contributed by atoms with van der Waals surface area (Å²) >= 11 is 0. The number of nitrogen functional groups attached to an aromatic ring is 1. The average Bonchev–Trinajstić information content (AvgIpc) is 1.95. The van der Waals surface area contributed by atoms with E-state index in [1.54, 1.807) is 6.07 Å². The fourth-order valence-corrected chi connectivity index (χ4v) is 0.520. The van der Waals surface area contributed by atoms with Crippen LogP contribution in [0.1, 0.15) is 5.69 Å². The van der Waals surface area contributed by atoms with Crippen molar-refractivity contribution in [2.75, 3.05) is 5.73 Å². The van der Waals surface area contributed by atoms with E-state index in [0.717, 1.165) is 6.07 Å². The molecule has 1 aromatic rings. The molecule has 0 saturated heterocycles. The van der Waals surface area contributed by atoms with Crippen LogP contribution in [-0.4, -0.2) is 4.98 Å². The monoisotopic (exact) mass is 137 g/mol. The lowest BCUT2D eigenvalue weighted by molar-refractivity contribution is 0.627. The van der Waals surface area contributed by atoms with Crippen LogP contribution in [0.5, 0.6) is 0 Å². The van der Waals surface area contributed by atoms with Gasteiger partial charge < -0.3 is 5.73 Å². The molecule has 1 rings (SSSR count). The highest BCUT2D eigenvalue weighted by atomic mass is 19.1. The van der Waals surface area contributed by atoms with Crippen LogP contribution >= 0.6 is 0 Å². The highest BCUT2D eigenvalue weighted by molar-refractivity contribution is 5.35. The summed E-state index contributed by atoms with van der Waals surface area (Å²) in [6.07, 6.45) is 0. The number of aromatic nitrogens is 1. The number of rotatable bonds is 0. The minimum atomic E-state index is -0.598.